The van der Waals surface area contributed by atoms with Crippen molar-refractivity contribution in [1.82, 2.24) is 19.8 Å². The fraction of sp³-hybridized carbons (Fsp3) is 0.222. The minimum atomic E-state index is -3.93. The van der Waals surface area contributed by atoms with Crippen molar-refractivity contribution in [2.75, 3.05) is 13.1 Å². The van der Waals surface area contributed by atoms with Crippen LogP contribution in [0.4, 0.5) is 0 Å². The van der Waals surface area contributed by atoms with Crippen molar-refractivity contribution < 1.29 is 41.4 Å². The molecular formula is C54H54BrClN6O9S2. The zero-order valence-corrected chi connectivity index (χ0v) is 43.8. The zero-order valence-electron chi connectivity index (χ0n) is 39.8. The molecule has 0 spiro atoms. The fourth-order valence-corrected chi connectivity index (χ4v) is 10.6. The number of aliphatic hydroxyl groups is 1. The first-order valence-electron chi connectivity index (χ1n) is 23.3. The van der Waals surface area contributed by atoms with Crippen molar-refractivity contribution in [3.63, 3.8) is 0 Å². The Morgan fingerprint density at radius 1 is 0.630 bits per heavy atom. The van der Waals surface area contributed by atoms with E-state index in [1.54, 1.807) is 59.2 Å². The van der Waals surface area contributed by atoms with Crippen LogP contribution < -0.4 is 20.9 Å². The Morgan fingerprint density at radius 2 is 1.11 bits per heavy atom. The van der Waals surface area contributed by atoms with Gasteiger partial charge in [0.15, 0.2) is 0 Å². The summed E-state index contributed by atoms with van der Waals surface area (Å²) in [5.41, 5.74) is 6.60. The van der Waals surface area contributed by atoms with Gasteiger partial charge in [0, 0.05) is 69.6 Å². The highest BCUT2D eigenvalue weighted by molar-refractivity contribution is 9.10. The van der Waals surface area contributed by atoms with Gasteiger partial charge in [0.2, 0.25) is 20.0 Å². The number of hydrogen-bond acceptors (Lipinski definition) is 10. The van der Waals surface area contributed by atoms with Crippen LogP contribution in [0.1, 0.15) is 80.4 Å². The van der Waals surface area contributed by atoms with Crippen molar-refractivity contribution >= 4 is 81.3 Å². The number of ether oxygens (including phenoxy) is 1. The van der Waals surface area contributed by atoms with E-state index in [0.29, 0.717) is 41.1 Å². The van der Waals surface area contributed by atoms with Crippen LogP contribution in [0.25, 0.3) is 21.8 Å². The second-order valence-corrected chi connectivity index (χ2v) is 22.7. The van der Waals surface area contributed by atoms with Gasteiger partial charge in [0.05, 0.1) is 15.9 Å². The summed E-state index contributed by atoms with van der Waals surface area (Å²) in [6.45, 7) is 4.99. The Morgan fingerprint density at radius 3 is 1.62 bits per heavy atom. The van der Waals surface area contributed by atoms with Crippen LogP contribution in [0.2, 0.25) is 5.02 Å². The predicted molar refractivity (Wildman–Crippen MR) is 286 cm³/mol. The van der Waals surface area contributed by atoms with Gasteiger partial charge in [-0.1, -0.05) is 88.2 Å². The predicted octanol–water partition coefficient (Wildman–Crippen LogP) is 8.47. The van der Waals surface area contributed by atoms with Crippen LogP contribution in [0.15, 0.2) is 160 Å². The number of carboxylic acids is 1. The summed E-state index contributed by atoms with van der Waals surface area (Å²) in [6, 6.07) is 41.8. The van der Waals surface area contributed by atoms with E-state index in [1.165, 1.54) is 24.3 Å². The van der Waals surface area contributed by atoms with Crippen LogP contribution in [0, 0.1) is 0 Å². The van der Waals surface area contributed by atoms with Crippen LogP contribution in [-0.4, -0.2) is 73.3 Å². The lowest BCUT2D eigenvalue weighted by Gasteiger charge is -2.22. The Balaban J connectivity index is 1.01. The summed E-state index contributed by atoms with van der Waals surface area (Å²) in [6.07, 6.45) is -0.322. The molecular weight excluding hydrogens is 1060 g/mol. The quantitative estimate of drug-likeness (QED) is 0.0373. The van der Waals surface area contributed by atoms with Gasteiger partial charge in [-0.15, -0.1) is 0 Å². The molecule has 4 atom stereocenters. The molecule has 0 aliphatic heterocycles. The molecule has 4 unspecified atom stereocenters. The lowest BCUT2D eigenvalue weighted by molar-refractivity contribution is 0.0280. The molecule has 19 heteroatoms. The van der Waals surface area contributed by atoms with Crippen molar-refractivity contribution in [2.24, 2.45) is 10.3 Å². The molecule has 15 nitrogen and oxygen atoms in total. The molecule has 8 rings (SSSR count). The highest BCUT2D eigenvalue weighted by Gasteiger charge is 2.25. The molecule has 0 bridgehead atoms. The van der Waals surface area contributed by atoms with Gasteiger partial charge in [-0.25, -0.2) is 36.7 Å². The minimum Gasteiger partial charge on any atom is -0.477 e. The zero-order chi connectivity index (χ0) is 52.2. The maximum Gasteiger partial charge on any atom is 0.355 e. The topological polar surface area (TPSA) is 238 Å². The van der Waals surface area contributed by atoms with Crippen molar-refractivity contribution in [3.8, 4) is 0 Å². The number of carbonyl (C=O) groups excluding carboxylic acids is 1. The molecule has 0 fully saturated rings. The Hall–Kier alpha value is -6.19. The molecule has 0 aliphatic rings. The van der Waals surface area contributed by atoms with Gasteiger partial charge in [-0.05, 0) is 145 Å². The average Bonchev–Trinajstić information content (AvgIpc) is 3.89. The summed E-state index contributed by atoms with van der Waals surface area (Å²) < 4.78 is 58.5. The summed E-state index contributed by atoms with van der Waals surface area (Å²) >= 11 is 9.96. The van der Waals surface area contributed by atoms with Gasteiger partial charge >= 0.3 is 11.9 Å². The molecule has 2 aromatic heterocycles. The van der Waals surface area contributed by atoms with Crippen molar-refractivity contribution in [2.45, 2.75) is 73.9 Å². The molecule has 8 aromatic rings. The summed E-state index contributed by atoms with van der Waals surface area (Å²) in [7, 11) is -7.82. The standard InChI is InChI=1S/C54H54BrClN6O9S2/c1-33(59-29-51(63)39-5-3-7-43(55)25-39)21-37-14-20-48-42(24-37)28-50(62(48)32-36-11-17-46(18-12-36)73(58,69)70)54(66)71-52(40-6-4-8-44(56)26-40)30-60-34(2)22-38-13-19-47-41(23-38)27-49(53(64)65)61(47)31-35-9-15-45(16-10-35)72(57,67)68/h3-20,23-28,33-34,51-52,59-60,63H,21-22,29-32H2,1-2H3,(H,64,65)(H2,57,67,68)(H2,58,69,70). The molecule has 0 saturated carbocycles. The van der Waals surface area contributed by atoms with Gasteiger partial charge < -0.3 is 34.7 Å². The van der Waals surface area contributed by atoms with Crippen LogP contribution >= 0.6 is 27.5 Å². The number of rotatable bonds is 21. The number of sulfonamides is 2. The number of nitrogens with one attached hydrogen (secondary N) is 2. The smallest absolute Gasteiger partial charge is 0.355 e. The van der Waals surface area contributed by atoms with Gasteiger partial charge in [0.1, 0.15) is 17.5 Å². The first-order valence-corrected chi connectivity index (χ1v) is 27.5. The van der Waals surface area contributed by atoms with E-state index >= 15 is 0 Å². The summed E-state index contributed by atoms with van der Waals surface area (Å²) in [5.74, 6) is -1.71. The SMILES string of the molecule is CC(Cc1ccc2c(c1)cc(C(=O)OC(CNC(C)Cc1ccc3c(c1)cc(C(=O)O)n3Cc1ccc(S(N)(=O)=O)cc1)c1cccc(Cl)c1)n2Cc1ccc(S(N)(=O)=O)cc1)NCC(O)c1cccc(Br)c1. The van der Waals surface area contributed by atoms with Crippen molar-refractivity contribution in [3.05, 3.63) is 200 Å². The highest BCUT2D eigenvalue weighted by atomic mass is 79.9. The maximum atomic E-state index is 14.6. The molecule has 73 heavy (non-hydrogen) atoms. The first-order chi connectivity index (χ1) is 34.7. The largest absolute Gasteiger partial charge is 0.477 e. The van der Waals surface area contributed by atoms with E-state index in [2.05, 4.69) is 26.6 Å². The number of esters is 1. The Bertz CT molecular complexity index is 3550. The van der Waals surface area contributed by atoms with E-state index in [0.717, 1.165) is 43.0 Å². The van der Waals surface area contributed by atoms with Crippen LogP contribution in [0.3, 0.4) is 0 Å². The minimum absolute atomic E-state index is 0.00458. The number of nitrogens with zero attached hydrogens (tertiary/aromatic N) is 2. The highest BCUT2D eigenvalue weighted by Crippen LogP contribution is 2.29. The van der Waals surface area contributed by atoms with Crippen molar-refractivity contribution in [1.29, 1.82) is 0 Å². The van der Waals surface area contributed by atoms with E-state index in [1.807, 2.05) is 85.1 Å². The Labute approximate surface area is 437 Å². The summed E-state index contributed by atoms with van der Waals surface area (Å²) in [4.78, 5) is 26.9. The lowest BCUT2D eigenvalue weighted by atomic mass is 10.0. The van der Waals surface area contributed by atoms with Gasteiger partial charge in [0.25, 0.3) is 0 Å². The average molecular weight is 1110 g/mol. The van der Waals surface area contributed by atoms with Crippen LogP contribution in [0.5, 0.6) is 0 Å². The Kier molecular flexibility index (Phi) is 16.4. The molecule has 0 saturated heterocycles. The lowest BCUT2D eigenvalue weighted by Crippen LogP contribution is -2.33. The van der Waals surface area contributed by atoms with Crippen LogP contribution in [-0.2, 0) is 50.7 Å². The number of aliphatic hydroxyl groups excluding tert-OH is 1. The number of benzene rings is 6. The van der Waals surface area contributed by atoms with E-state index in [-0.39, 0.29) is 52.9 Å². The molecule has 0 radical (unpaired) electrons. The number of carboxylic acid groups (broad SMARTS) is 1. The molecule has 0 aliphatic carbocycles. The third-order valence-electron chi connectivity index (χ3n) is 12.6. The summed E-state index contributed by atoms with van der Waals surface area (Å²) in [5, 5.41) is 40.5. The molecule has 0 amide bonds. The number of carbonyl (C=O) groups is 2. The third kappa shape index (κ3) is 13.3. The first kappa shape index (κ1) is 53.1. The van der Waals surface area contributed by atoms with Gasteiger partial charge in [-0.2, -0.15) is 0 Å². The number of primary sulfonamides is 2. The monoisotopic (exact) mass is 1110 g/mol. The van der Waals surface area contributed by atoms with E-state index in [4.69, 9.17) is 26.6 Å². The second-order valence-electron chi connectivity index (χ2n) is 18.2. The number of hydrogen-bond donors (Lipinski definition) is 6. The number of fused-ring (bicyclic) bond motifs is 2. The maximum absolute atomic E-state index is 14.6. The third-order valence-corrected chi connectivity index (χ3v) is 15.2. The second kappa shape index (κ2) is 22.5. The number of aromatic nitrogens is 2. The normalized spacial score (nSPS) is 13.7. The molecule has 2 heterocycles. The van der Waals surface area contributed by atoms with Gasteiger partial charge in [-0.3, -0.25) is 0 Å². The van der Waals surface area contributed by atoms with E-state index in [9.17, 15) is 36.6 Å². The number of aromatic carboxylic acids is 1. The number of halogens is 2. The number of nitrogens with two attached hydrogens (primary N) is 2. The molecule has 380 valence electrons. The molecule has 6 aromatic carbocycles. The fourth-order valence-electron chi connectivity index (χ4n) is 8.94. The molecule has 8 N–H and O–H groups in total. The van der Waals surface area contributed by atoms with E-state index < -0.39 is 44.2 Å².